The molecule has 7 nitrogen and oxygen atoms in total. The quantitative estimate of drug-likeness (QED) is 0.911. The van der Waals surface area contributed by atoms with E-state index >= 15 is 0 Å². The summed E-state index contributed by atoms with van der Waals surface area (Å²) in [6.45, 7) is 0.454. The minimum absolute atomic E-state index is 0.0826. The molecule has 0 saturated carbocycles. The van der Waals surface area contributed by atoms with Crippen molar-refractivity contribution in [2.45, 2.75) is 0 Å². The molecule has 0 aromatic heterocycles. The molecule has 1 aromatic carbocycles. The molecule has 0 atom stereocenters. The lowest BCUT2D eigenvalue weighted by Gasteiger charge is -2.40. The first-order chi connectivity index (χ1) is 11.0. The number of halogens is 2. The number of para-hydroxylation sites is 1. The zero-order valence-corrected chi connectivity index (χ0v) is 11.9. The number of hydrogen-bond acceptors (Lipinski definition) is 4. The second-order valence-electron chi connectivity index (χ2n) is 5.36. The van der Waals surface area contributed by atoms with Gasteiger partial charge in [0.25, 0.3) is 5.91 Å². The van der Waals surface area contributed by atoms with Crippen LogP contribution < -0.4 is 5.32 Å². The first kappa shape index (κ1) is 15.2. The molecule has 0 radical (unpaired) electrons. The maximum atomic E-state index is 13.5. The molecule has 2 aliphatic rings. The Balaban J connectivity index is 1.52. The summed E-state index contributed by atoms with van der Waals surface area (Å²) in [5.41, 5.74) is -0.501. The number of urea groups is 1. The lowest BCUT2D eigenvalue weighted by Crippen LogP contribution is -2.55. The Bertz CT molecular complexity index is 640. The third-order valence-corrected chi connectivity index (χ3v) is 3.72. The third kappa shape index (κ3) is 2.94. The van der Waals surface area contributed by atoms with Gasteiger partial charge in [0.2, 0.25) is 0 Å². The van der Waals surface area contributed by atoms with Crippen LogP contribution in [0, 0.1) is 17.6 Å². The molecule has 4 amide bonds. The van der Waals surface area contributed by atoms with Crippen molar-refractivity contribution in [1.29, 1.82) is 0 Å². The largest absolute Gasteiger partial charge is 0.439 e. The summed E-state index contributed by atoms with van der Waals surface area (Å²) >= 11 is 0. The van der Waals surface area contributed by atoms with Gasteiger partial charge in [0.05, 0.1) is 0 Å². The van der Waals surface area contributed by atoms with Crippen LogP contribution in [-0.2, 0) is 9.53 Å². The van der Waals surface area contributed by atoms with Gasteiger partial charge < -0.3 is 15.0 Å². The molecule has 0 spiro atoms. The number of likely N-dealkylation sites (tertiary alicyclic amines) is 1. The fourth-order valence-corrected chi connectivity index (χ4v) is 2.47. The maximum absolute atomic E-state index is 13.5. The number of hydrogen-bond donors (Lipinski definition) is 1. The molecule has 2 saturated heterocycles. The maximum Gasteiger partial charge on any atom is 0.417 e. The van der Waals surface area contributed by atoms with E-state index in [1.807, 2.05) is 0 Å². The van der Waals surface area contributed by atoms with Crippen molar-refractivity contribution >= 4 is 23.7 Å². The number of carbonyl (C=O) groups is 3. The molecule has 23 heavy (non-hydrogen) atoms. The topological polar surface area (TPSA) is 79.0 Å². The number of rotatable bonds is 3. The van der Waals surface area contributed by atoms with Crippen molar-refractivity contribution in [3.8, 4) is 0 Å². The van der Waals surface area contributed by atoms with Gasteiger partial charge in [-0.2, -0.15) is 0 Å². The zero-order chi connectivity index (χ0) is 16.6. The highest BCUT2D eigenvalue weighted by Crippen LogP contribution is 2.23. The van der Waals surface area contributed by atoms with Crippen LogP contribution in [0.5, 0.6) is 0 Å². The minimum atomic E-state index is -0.860. The van der Waals surface area contributed by atoms with Gasteiger partial charge in [-0.05, 0) is 12.1 Å². The molecule has 1 aromatic rings. The van der Waals surface area contributed by atoms with Crippen LogP contribution in [-0.4, -0.2) is 54.1 Å². The van der Waals surface area contributed by atoms with Crippen LogP contribution in [0.15, 0.2) is 18.2 Å². The predicted molar refractivity (Wildman–Crippen MR) is 73.5 cm³/mol. The summed E-state index contributed by atoms with van der Waals surface area (Å²) in [6.07, 6.45) is -0.689. The van der Waals surface area contributed by atoms with Crippen LogP contribution in [0.2, 0.25) is 0 Å². The van der Waals surface area contributed by atoms with Crippen molar-refractivity contribution in [2.24, 2.45) is 5.92 Å². The van der Waals surface area contributed by atoms with Gasteiger partial charge in [-0.1, -0.05) is 6.07 Å². The highest BCUT2D eigenvalue weighted by molar-refractivity contribution is 5.97. The van der Waals surface area contributed by atoms with Crippen molar-refractivity contribution in [3.05, 3.63) is 29.8 Å². The van der Waals surface area contributed by atoms with Gasteiger partial charge in [-0.25, -0.2) is 23.3 Å². The minimum Gasteiger partial charge on any atom is -0.439 e. The van der Waals surface area contributed by atoms with Gasteiger partial charge >= 0.3 is 12.1 Å². The van der Waals surface area contributed by atoms with Crippen LogP contribution in [0.25, 0.3) is 0 Å². The Kier molecular flexibility index (Phi) is 3.85. The number of cyclic esters (lactones) is 1. The first-order valence-corrected chi connectivity index (χ1v) is 6.92. The Labute approximate surface area is 129 Å². The lowest BCUT2D eigenvalue weighted by molar-refractivity contribution is -0.126. The molecule has 0 unspecified atom stereocenters. The van der Waals surface area contributed by atoms with E-state index in [0.717, 1.165) is 17.0 Å². The van der Waals surface area contributed by atoms with Gasteiger partial charge in [0.15, 0.2) is 6.61 Å². The van der Waals surface area contributed by atoms with E-state index < -0.39 is 35.4 Å². The number of carbonyl (C=O) groups excluding carboxylic acids is 3. The molecule has 2 fully saturated rings. The summed E-state index contributed by atoms with van der Waals surface area (Å²) in [4.78, 5) is 36.9. The summed E-state index contributed by atoms with van der Waals surface area (Å²) in [5, 5.41) is 2.18. The molecule has 3 rings (SSSR count). The number of nitrogens with one attached hydrogen (secondary N) is 1. The molecule has 0 bridgehead atoms. The average molecular weight is 325 g/mol. The van der Waals surface area contributed by atoms with Crippen molar-refractivity contribution in [3.63, 3.8) is 0 Å². The standard InChI is InChI=1S/C14H13F2N3O4/c15-9-2-1-3-10(16)12(9)17-13(21)18-4-8(5-18)6-19-11(20)7-23-14(19)22/h1-3,8H,4-7H2,(H,17,21). The van der Waals surface area contributed by atoms with Crippen LogP contribution in [0.1, 0.15) is 0 Å². The van der Waals surface area contributed by atoms with Crippen molar-refractivity contribution in [1.82, 2.24) is 9.80 Å². The second-order valence-corrected chi connectivity index (χ2v) is 5.36. The number of anilines is 1. The van der Waals surface area contributed by atoms with E-state index in [4.69, 9.17) is 0 Å². The number of benzene rings is 1. The second kappa shape index (κ2) is 5.82. The van der Waals surface area contributed by atoms with Gasteiger partial charge in [0.1, 0.15) is 17.3 Å². The fraction of sp³-hybridized carbons (Fsp3) is 0.357. The average Bonchev–Trinajstić information content (AvgIpc) is 2.77. The first-order valence-electron chi connectivity index (χ1n) is 6.92. The highest BCUT2D eigenvalue weighted by atomic mass is 19.1. The molecular weight excluding hydrogens is 312 g/mol. The Morgan fingerprint density at radius 1 is 1.26 bits per heavy atom. The summed E-state index contributed by atoms with van der Waals surface area (Å²) in [7, 11) is 0. The van der Waals surface area contributed by atoms with Crippen molar-refractivity contribution in [2.75, 3.05) is 31.6 Å². The molecule has 0 aliphatic carbocycles. The SMILES string of the molecule is O=C(Nc1c(F)cccc1F)N1CC(CN2C(=O)COC2=O)C1. The number of nitrogens with zero attached hydrogens (tertiary/aromatic N) is 2. The highest BCUT2D eigenvalue weighted by Gasteiger charge is 2.38. The van der Waals surface area contributed by atoms with E-state index in [9.17, 15) is 23.2 Å². The third-order valence-electron chi connectivity index (χ3n) is 3.72. The normalized spacial score (nSPS) is 18.0. The van der Waals surface area contributed by atoms with Gasteiger partial charge in [0, 0.05) is 25.6 Å². The number of amides is 4. The summed E-state index contributed by atoms with van der Waals surface area (Å²) < 4.78 is 31.5. The Morgan fingerprint density at radius 2 is 1.91 bits per heavy atom. The van der Waals surface area contributed by atoms with Crippen LogP contribution >= 0.6 is 0 Å². The molecule has 2 aliphatic heterocycles. The van der Waals surface area contributed by atoms with E-state index in [2.05, 4.69) is 10.1 Å². The monoisotopic (exact) mass is 325 g/mol. The van der Waals surface area contributed by atoms with Crippen molar-refractivity contribution < 1.29 is 27.9 Å². The Morgan fingerprint density at radius 3 is 2.48 bits per heavy atom. The molecule has 9 heteroatoms. The number of imide groups is 1. The Hall–Kier alpha value is -2.71. The van der Waals surface area contributed by atoms with E-state index in [1.165, 1.54) is 11.0 Å². The van der Waals surface area contributed by atoms with Gasteiger partial charge in [-0.3, -0.25) is 4.79 Å². The summed E-state index contributed by atoms with van der Waals surface area (Å²) in [5.74, 6) is -2.21. The lowest BCUT2D eigenvalue weighted by atomic mass is 10.0. The molecule has 2 heterocycles. The smallest absolute Gasteiger partial charge is 0.417 e. The number of ether oxygens (including phenoxy) is 1. The molecule has 122 valence electrons. The molecule has 1 N–H and O–H groups in total. The fourth-order valence-electron chi connectivity index (χ4n) is 2.47. The van der Waals surface area contributed by atoms with E-state index in [-0.39, 0.29) is 32.2 Å². The van der Waals surface area contributed by atoms with E-state index in [1.54, 1.807) is 0 Å². The van der Waals surface area contributed by atoms with Crippen LogP contribution in [0.3, 0.4) is 0 Å². The van der Waals surface area contributed by atoms with E-state index in [0.29, 0.717) is 0 Å². The molecular formula is C14H13F2N3O4. The summed E-state index contributed by atoms with van der Waals surface area (Å²) in [6, 6.07) is 2.65. The zero-order valence-electron chi connectivity index (χ0n) is 11.9. The van der Waals surface area contributed by atoms with Gasteiger partial charge in [-0.15, -0.1) is 0 Å². The predicted octanol–water partition coefficient (Wildman–Crippen LogP) is 1.41. The van der Waals surface area contributed by atoms with Crippen LogP contribution in [0.4, 0.5) is 24.1 Å².